The third kappa shape index (κ3) is 5.84. The molecule has 1 aliphatic carbocycles. The van der Waals surface area contributed by atoms with Gasteiger partial charge >= 0.3 is 0 Å². The molecule has 0 saturated heterocycles. The number of hydrogen-bond acceptors (Lipinski definition) is 4. The first-order valence-corrected chi connectivity index (χ1v) is 12.5. The maximum Gasteiger partial charge on any atom is 0.251 e. The Morgan fingerprint density at radius 1 is 1.15 bits per heavy atom. The molecule has 1 aromatic carbocycles. The van der Waals surface area contributed by atoms with Crippen LogP contribution in [-0.2, 0) is 13.6 Å². The van der Waals surface area contributed by atoms with E-state index in [0.29, 0.717) is 28.1 Å². The van der Waals surface area contributed by atoms with Crippen LogP contribution in [0.3, 0.4) is 0 Å². The van der Waals surface area contributed by atoms with Gasteiger partial charge in [-0.25, -0.2) is 0 Å². The topological polar surface area (TPSA) is 66.4 Å². The lowest BCUT2D eigenvalue weighted by molar-refractivity contribution is 0.0950. The third-order valence-corrected chi connectivity index (χ3v) is 7.93. The molecule has 1 atom stereocenters. The summed E-state index contributed by atoms with van der Waals surface area (Å²) in [6.07, 6.45) is 4.80. The van der Waals surface area contributed by atoms with Crippen molar-refractivity contribution in [2.45, 2.75) is 72.0 Å². The van der Waals surface area contributed by atoms with E-state index in [0.717, 1.165) is 22.6 Å². The summed E-state index contributed by atoms with van der Waals surface area (Å²) in [5, 5.41) is 7.08. The molecule has 3 rings (SSSR count). The SMILES string of the molecule is Cc1c(NC(C)C2CCC(N(C)C)CC2)cc(Cl)cc1C(=O)NCc1c(C)n(C)c(C)cc1=O. The minimum absolute atomic E-state index is 0.0589. The predicted octanol–water partition coefficient (Wildman–Crippen LogP) is 4.81. The van der Waals surface area contributed by atoms with Crippen molar-refractivity contribution in [2.24, 2.45) is 13.0 Å². The number of anilines is 1. The summed E-state index contributed by atoms with van der Waals surface area (Å²) < 4.78 is 1.96. The Kier molecular flexibility index (Phi) is 8.47. The Morgan fingerprint density at radius 2 is 1.79 bits per heavy atom. The number of carbonyl (C=O) groups is 1. The Hall–Kier alpha value is -2.31. The maximum atomic E-state index is 13.1. The second kappa shape index (κ2) is 11.0. The van der Waals surface area contributed by atoms with Crippen LogP contribution in [0, 0.1) is 26.7 Å². The molecule has 1 amide bonds. The second-order valence-electron chi connectivity index (χ2n) is 10.0. The highest BCUT2D eigenvalue weighted by Gasteiger charge is 2.27. The normalized spacial score (nSPS) is 19.2. The largest absolute Gasteiger partial charge is 0.382 e. The molecule has 2 N–H and O–H groups in total. The quantitative estimate of drug-likeness (QED) is 0.589. The molecule has 1 unspecified atom stereocenters. The fourth-order valence-electron chi connectivity index (χ4n) is 5.04. The molecule has 0 radical (unpaired) electrons. The van der Waals surface area contributed by atoms with Crippen LogP contribution in [-0.4, -0.2) is 41.6 Å². The number of pyridine rings is 1. The van der Waals surface area contributed by atoms with Gasteiger partial charge in [-0.3, -0.25) is 9.59 Å². The summed E-state index contributed by atoms with van der Waals surface area (Å²) in [5.74, 6) is 0.358. The first-order valence-electron chi connectivity index (χ1n) is 12.2. The smallest absolute Gasteiger partial charge is 0.251 e. The van der Waals surface area contributed by atoms with Gasteiger partial charge in [-0.05, 0) is 91.1 Å². The minimum atomic E-state index is -0.232. The van der Waals surface area contributed by atoms with E-state index in [-0.39, 0.29) is 23.9 Å². The van der Waals surface area contributed by atoms with Crippen molar-refractivity contribution < 1.29 is 4.79 Å². The number of nitrogens with one attached hydrogen (secondary N) is 2. The standard InChI is InChI=1S/C27H39ClN4O2/c1-16-12-26(33)24(19(4)32(16)7)15-29-27(34)23-13-21(28)14-25(17(23)2)30-18(3)20-8-10-22(11-9-20)31(5)6/h12-14,18,20,22,30H,8-11,15H2,1-7H3,(H,29,34). The van der Waals surface area contributed by atoms with Crippen LogP contribution in [0.1, 0.15) is 65.5 Å². The molecule has 186 valence electrons. The molecule has 1 aliphatic rings. The molecule has 2 aromatic rings. The molecular weight excluding hydrogens is 448 g/mol. The molecule has 1 saturated carbocycles. The van der Waals surface area contributed by atoms with Gasteiger partial charge in [0.05, 0.1) is 0 Å². The highest BCUT2D eigenvalue weighted by atomic mass is 35.5. The zero-order valence-corrected chi connectivity index (χ0v) is 22.3. The molecule has 0 spiro atoms. The molecule has 1 aromatic heterocycles. The molecule has 34 heavy (non-hydrogen) atoms. The van der Waals surface area contributed by atoms with E-state index in [4.69, 9.17) is 11.6 Å². The van der Waals surface area contributed by atoms with Crippen LogP contribution in [0.2, 0.25) is 5.02 Å². The van der Waals surface area contributed by atoms with Gasteiger partial charge in [-0.2, -0.15) is 0 Å². The Labute approximate surface area is 208 Å². The summed E-state index contributed by atoms with van der Waals surface area (Å²) in [6.45, 7) is 8.14. The van der Waals surface area contributed by atoms with Crippen molar-refractivity contribution in [1.29, 1.82) is 0 Å². The van der Waals surface area contributed by atoms with Gasteiger partial charge in [0, 0.05) is 65.0 Å². The van der Waals surface area contributed by atoms with Gasteiger partial charge < -0.3 is 20.1 Å². The van der Waals surface area contributed by atoms with Gasteiger partial charge in [0.2, 0.25) is 0 Å². The molecule has 7 heteroatoms. The molecule has 1 heterocycles. The van der Waals surface area contributed by atoms with Gasteiger partial charge in [0.15, 0.2) is 5.43 Å². The van der Waals surface area contributed by atoms with Crippen molar-refractivity contribution in [2.75, 3.05) is 19.4 Å². The number of amides is 1. The summed E-state index contributed by atoms with van der Waals surface area (Å²) in [4.78, 5) is 27.9. The lowest BCUT2D eigenvalue weighted by atomic mass is 9.81. The highest BCUT2D eigenvalue weighted by molar-refractivity contribution is 6.31. The van der Waals surface area contributed by atoms with E-state index in [1.165, 1.54) is 25.7 Å². The van der Waals surface area contributed by atoms with Gasteiger partial charge in [0.1, 0.15) is 0 Å². The number of rotatable bonds is 7. The summed E-state index contributed by atoms with van der Waals surface area (Å²) in [5.41, 5.74) is 4.57. The van der Waals surface area contributed by atoms with E-state index < -0.39 is 0 Å². The van der Waals surface area contributed by atoms with Crippen LogP contribution >= 0.6 is 11.6 Å². The number of aromatic nitrogens is 1. The van der Waals surface area contributed by atoms with Crippen LogP contribution < -0.4 is 16.1 Å². The summed E-state index contributed by atoms with van der Waals surface area (Å²) in [7, 11) is 6.24. The number of hydrogen-bond donors (Lipinski definition) is 2. The third-order valence-electron chi connectivity index (χ3n) is 7.71. The zero-order chi connectivity index (χ0) is 25.2. The lowest BCUT2D eigenvalue weighted by Crippen LogP contribution is -2.36. The summed E-state index contributed by atoms with van der Waals surface area (Å²) >= 11 is 6.42. The van der Waals surface area contributed by atoms with Crippen molar-refractivity contribution in [1.82, 2.24) is 14.8 Å². The van der Waals surface area contributed by atoms with Crippen molar-refractivity contribution in [3.8, 4) is 0 Å². The Bertz CT molecular complexity index is 1100. The van der Waals surface area contributed by atoms with Crippen LogP contribution in [0.4, 0.5) is 5.69 Å². The zero-order valence-electron chi connectivity index (χ0n) is 21.6. The lowest BCUT2D eigenvalue weighted by Gasteiger charge is -2.36. The molecule has 1 fully saturated rings. The number of halogens is 1. The van der Waals surface area contributed by atoms with Crippen molar-refractivity contribution in [3.63, 3.8) is 0 Å². The van der Waals surface area contributed by atoms with Gasteiger partial charge in [-0.1, -0.05) is 11.6 Å². The number of aryl methyl sites for hydroxylation is 1. The second-order valence-corrected chi connectivity index (χ2v) is 10.5. The maximum absolute atomic E-state index is 13.1. The van der Waals surface area contributed by atoms with Crippen LogP contribution in [0.15, 0.2) is 23.0 Å². The van der Waals surface area contributed by atoms with E-state index in [1.807, 2.05) is 38.5 Å². The van der Waals surface area contributed by atoms with Crippen molar-refractivity contribution >= 4 is 23.2 Å². The monoisotopic (exact) mass is 486 g/mol. The fraction of sp³-hybridized carbons (Fsp3) is 0.556. The van der Waals surface area contributed by atoms with E-state index in [2.05, 4.69) is 36.6 Å². The summed E-state index contributed by atoms with van der Waals surface area (Å²) in [6, 6.07) is 6.16. The number of benzene rings is 1. The number of carbonyl (C=O) groups excluding carboxylic acids is 1. The molecule has 6 nitrogen and oxygen atoms in total. The van der Waals surface area contributed by atoms with Crippen molar-refractivity contribution in [3.05, 3.63) is 61.5 Å². The Morgan fingerprint density at radius 3 is 2.41 bits per heavy atom. The first kappa shape index (κ1) is 26.3. The van der Waals surface area contributed by atoms with Gasteiger partial charge in [0.25, 0.3) is 5.91 Å². The van der Waals surface area contributed by atoms with E-state index in [9.17, 15) is 9.59 Å². The van der Waals surface area contributed by atoms with Crippen LogP contribution in [0.25, 0.3) is 0 Å². The van der Waals surface area contributed by atoms with Gasteiger partial charge in [-0.15, -0.1) is 0 Å². The van der Waals surface area contributed by atoms with Crippen LogP contribution in [0.5, 0.6) is 0 Å². The van der Waals surface area contributed by atoms with E-state index in [1.54, 1.807) is 12.1 Å². The average Bonchev–Trinajstić information content (AvgIpc) is 2.79. The minimum Gasteiger partial charge on any atom is -0.382 e. The fourth-order valence-corrected chi connectivity index (χ4v) is 5.26. The molecule has 0 bridgehead atoms. The average molecular weight is 487 g/mol. The van der Waals surface area contributed by atoms with E-state index >= 15 is 0 Å². The molecular formula is C27H39ClN4O2. The number of nitrogens with zero attached hydrogens (tertiary/aromatic N) is 2. The predicted molar refractivity (Wildman–Crippen MR) is 141 cm³/mol. The highest BCUT2D eigenvalue weighted by Crippen LogP contribution is 2.32. The Balaban J connectivity index is 1.72. The first-order chi connectivity index (χ1) is 16.0. The molecule has 0 aliphatic heterocycles.